The second-order valence-corrected chi connectivity index (χ2v) is 10.8. The van der Waals surface area contributed by atoms with E-state index in [2.05, 4.69) is 74.6 Å². The molecule has 0 bridgehead atoms. The molecular weight excluding hydrogens is 366 g/mol. The van der Waals surface area contributed by atoms with Gasteiger partial charge in [-0.2, -0.15) is 0 Å². The Morgan fingerprint density at radius 3 is 2.17 bits per heavy atom. The Kier molecular flexibility index (Phi) is 4.26. The largest absolute Gasteiger partial charge is 0.333 e. The first-order valence-electron chi connectivity index (χ1n) is 11.3. The van der Waals surface area contributed by atoms with E-state index >= 15 is 0 Å². The smallest absolute Gasteiger partial charge is 0.0949 e. The summed E-state index contributed by atoms with van der Waals surface area (Å²) >= 11 is 0. The number of pyridine rings is 1. The van der Waals surface area contributed by atoms with Crippen LogP contribution >= 0.6 is 0 Å². The Morgan fingerprint density at radius 1 is 0.900 bits per heavy atom. The minimum absolute atomic E-state index is 0.102. The van der Waals surface area contributed by atoms with E-state index in [-0.39, 0.29) is 16.2 Å². The summed E-state index contributed by atoms with van der Waals surface area (Å²) in [5.41, 5.74) is 9.10. The predicted molar refractivity (Wildman–Crippen MR) is 122 cm³/mol. The summed E-state index contributed by atoms with van der Waals surface area (Å²) in [6.45, 7) is 12.8. The van der Waals surface area contributed by atoms with Crippen LogP contribution in [0.5, 0.6) is 0 Å². The van der Waals surface area contributed by atoms with Crippen LogP contribution in [0, 0.1) is 6.92 Å². The fourth-order valence-electron chi connectivity index (χ4n) is 5.42. The molecule has 0 unspecified atom stereocenters. The fraction of sp³-hybridized carbons (Fsp3) is 0.481. The lowest BCUT2D eigenvalue weighted by atomic mass is 9.62. The summed E-state index contributed by atoms with van der Waals surface area (Å²) < 4.78 is 2.08. The van der Waals surface area contributed by atoms with Crippen molar-refractivity contribution in [3.63, 3.8) is 0 Å². The highest BCUT2D eigenvalue weighted by Crippen LogP contribution is 2.56. The van der Waals surface area contributed by atoms with Crippen molar-refractivity contribution < 1.29 is 0 Å². The van der Waals surface area contributed by atoms with Crippen LogP contribution in [0.15, 0.2) is 49.2 Å². The second-order valence-electron chi connectivity index (χ2n) is 10.8. The standard InChI is InChI=1S/C27H33N3/c1-19-14-22-23(26(4,5)9-8-25(22,2)3)15-21(19)27(10-11-27)24-7-6-20(16-29-24)17-30-13-12-28-18-30/h6-7,12-16,18H,8-11,17H2,1-5H3. The molecule has 3 heteroatoms. The van der Waals surface area contributed by atoms with E-state index in [1.54, 1.807) is 11.1 Å². The van der Waals surface area contributed by atoms with Gasteiger partial charge in [0.25, 0.3) is 0 Å². The molecule has 2 aliphatic carbocycles. The zero-order chi connectivity index (χ0) is 21.1. The number of hydrogen-bond donors (Lipinski definition) is 0. The first-order valence-corrected chi connectivity index (χ1v) is 11.3. The minimum atomic E-state index is 0.102. The maximum atomic E-state index is 4.95. The monoisotopic (exact) mass is 399 g/mol. The van der Waals surface area contributed by atoms with Gasteiger partial charge in [0.05, 0.1) is 12.0 Å². The highest BCUT2D eigenvalue weighted by atomic mass is 15.0. The minimum Gasteiger partial charge on any atom is -0.333 e. The summed E-state index contributed by atoms with van der Waals surface area (Å²) in [7, 11) is 0. The van der Waals surface area contributed by atoms with Gasteiger partial charge >= 0.3 is 0 Å². The summed E-state index contributed by atoms with van der Waals surface area (Å²) in [5.74, 6) is 0. The lowest BCUT2D eigenvalue weighted by Gasteiger charge is -2.43. The first kappa shape index (κ1) is 19.5. The molecule has 156 valence electrons. The van der Waals surface area contributed by atoms with Gasteiger partial charge in [-0.05, 0) is 77.3 Å². The van der Waals surface area contributed by atoms with Crippen LogP contribution in [-0.2, 0) is 22.8 Å². The van der Waals surface area contributed by atoms with E-state index < -0.39 is 0 Å². The van der Waals surface area contributed by atoms with Gasteiger partial charge in [-0.3, -0.25) is 4.98 Å². The number of aryl methyl sites for hydroxylation is 1. The van der Waals surface area contributed by atoms with Crippen molar-refractivity contribution in [1.29, 1.82) is 0 Å². The van der Waals surface area contributed by atoms with Crippen molar-refractivity contribution in [3.05, 3.63) is 82.7 Å². The molecule has 3 nitrogen and oxygen atoms in total. The number of benzene rings is 1. The number of hydrogen-bond acceptors (Lipinski definition) is 2. The maximum Gasteiger partial charge on any atom is 0.0949 e. The van der Waals surface area contributed by atoms with Gasteiger partial charge in [0.15, 0.2) is 0 Å². The van der Waals surface area contributed by atoms with Gasteiger partial charge in [0.2, 0.25) is 0 Å². The van der Waals surface area contributed by atoms with Crippen LogP contribution in [0.3, 0.4) is 0 Å². The molecule has 0 spiro atoms. The van der Waals surface area contributed by atoms with Crippen molar-refractivity contribution in [3.8, 4) is 0 Å². The lowest BCUT2D eigenvalue weighted by molar-refractivity contribution is 0.331. The Balaban J connectivity index is 1.52. The molecule has 1 fully saturated rings. The molecule has 0 radical (unpaired) electrons. The normalized spacial score (nSPS) is 20.6. The topological polar surface area (TPSA) is 30.7 Å². The van der Waals surface area contributed by atoms with E-state index in [0.717, 1.165) is 6.54 Å². The third-order valence-corrected chi connectivity index (χ3v) is 7.70. The summed E-state index contributed by atoms with van der Waals surface area (Å²) in [5, 5.41) is 0. The van der Waals surface area contributed by atoms with Crippen LogP contribution in [0.4, 0.5) is 0 Å². The van der Waals surface area contributed by atoms with Crippen molar-refractivity contribution in [2.24, 2.45) is 0 Å². The molecule has 5 rings (SSSR count). The number of nitrogens with zero attached hydrogens (tertiary/aromatic N) is 3. The summed E-state index contributed by atoms with van der Waals surface area (Å²) in [6, 6.07) is 9.55. The summed E-state index contributed by atoms with van der Waals surface area (Å²) in [4.78, 5) is 9.09. The van der Waals surface area contributed by atoms with E-state index in [4.69, 9.17) is 4.98 Å². The third-order valence-electron chi connectivity index (χ3n) is 7.70. The van der Waals surface area contributed by atoms with Gasteiger partial charge in [0.1, 0.15) is 0 Å². The van der Waals surface area contributed by atoms with Gasteiger partial charge < -0.3 is 4.57 Å². The second kappa shape index (κ2) is 6.54. The van der Waals surface area contributed by atoms with E-state index in [1.165, 1.54) is 48.1 Å². The Labute approximate surface area is 180 Å². The molecule has 0 amide bonds. The molecule has 30 heavy (non-hydrogen) atoms. The number of fused-ring (bicyclic) bond motifs is 1. The van der Waals surface area contributed by atoms with Gasteiger partial charge in [-0.25, -0.2) is 4.98 Å². The van der Waals surface area contributed by atoms with Crippen molar-refractivity contribution in [2.75, 3.05) is 0 Å². The fourth-order valence-corrected chi connectivity index (χ4v) is 5.42. The van der Waals surface area contributed by atoms with E-state index in [0.29, 0.717) is 0 Å². The van der Waals surface area contributed by atoms with E-state index in [9.17, 15) is 0 Å². The SMILES string of the molecule is Cc1cc2c(cc1C1(c3ccc(Cn4ccnc4)cn3)CC1)C(C)(C)CCC2(C)C. The third kappa shape index (κ3) is 3.10. The first-order chi connectivity index (χ1) is 14.2. The molecule has 3 aromatic rings. The van der Waals surface area contributed by atoms with Crippen LogP contribution < -0.4 is 0 Å². The van der Waals surface area contributed by atoms with Gasteiger partial charge in [0, 0.05) is 30.6 Å². The van der Waals surface area contributed by atoms with Crippen LogP contribution in [0.25, 0.3) is 0 Å². The zero-order valence-corrected chi connectivity index (χ0v) is 19.0. The van der Waals surface area contributed by atoms with Crippen molar-refractivity contribution in [1.82, 2.24) is 14.5 Å². The molecule has 2 aromatic heterocycles. The molecule has 0 saturated heterocycles. The number of imidazole rings is 1. The average Bonchev–Trinajstić information content (AvgIpc) is 3.35. The predicted octanol–water partition coefficient (Wildman–Crippen LogP) is 6.06. The summed E-state index contributed by atoms with van der Waals surface area (Å²) in [6.07, 6.45) is 12.6. The Morgan fingerprint density at radius 2 is 1.60 bits per heavy atom. The quantitative estimate of drug-likeness (QED) is 0.533. The zero-order valence-electron chi connectivity index (χ0n) is 19.0. The van der Waals surface area contributed by atoms with Crippen LogP contribution in [0.2, 0.25) is 0 Å². The number of aromatic nitrogens is 3. The van der Waals surface area contributed by atoms with Crippen LogP contribution in [-0.4, -0.2) is 14.5 Å². The molecule has 0 N–H and O–H groups in total. The van der Waals surface area contributed by atoms with Crippen LogP contribution in [0.1, 0.15) is 86.9 Å². The number of rotatable bonds is 4. The average molecular weight is 400 g/mol. The van der Waals surface area contributed by atoms with Gasteiger partial charge in [-0.15, -0.1) is 0 Å². The maximum absolute atomic E-state index is 4.95. The molecule has 2 heterocycles. The van der Waals surface area contributed by atoms with Gasteiger partial charge in [-0.1, -0.05) is 45.9 Å². The lowest BCUT2D eigenvalue weighted by Crippen LogP contribution is -2.34. The molecular formula is C27H33N3. The highest BCUT2D eigenvalue weighted by Gasteiger charge is 2.49. The Hall–Kier alpha value is -2.42. The van der Waals surface area contributed by atoms with Crippen molar-refractivity contribution in [2.45, 2.75) is 83.1 Å². The molecule has 1 aromatic carbocycles. The van der Waals surface area contributed by atoms with E-state index in [1.807, 2.05) is 18.7 Å². The molecule has 2 aliphatic rings. The van der Waals surface area contributed by atoms with Crippen molar-refractivity contribution >= 4 is 0 Å². The highest BCUT2D eigenvalue weighted by molar-refractivity contribution is 5.53. The molecule has 1 saturated carbocycles. The molecule has 0 atom stereocenters. The molecule has 0 aliphatic heterocycles. The Bertz CT molecular complexity index is 1070.